The number of carbonyl (C=O) groups excluding carboxylic acids is 2. The highest BCUT2D eigenvalue weighted by molar-refractivity contribution is 5.81. The molecule has 3 unspecified atom stereocenters. The normalized spacial score (nSPS) is 17.0. The van der Waals surface area contributed by atoms with Crippen molar-refractivity contribution in [2.24, 2.45) is 0 Å². The van der Waals surface area contributed by atoms with Crippen LogP contribution in [-0.2, 0) is 29.2 Å². The van der Waals surface area contributed by atoms with E-state index in [1.165, 1.54) is 0 Å². The zero-order valence-corrected chi connectivity index (χ0v) is 20.2. The minimum absolute atomic E-state index is 0.00612. The van der Waals surface area contributed by atoms with E-state index in [1.54, 1.807) is 0 Å². The van der Waals surface area contributed by atoms with E-state index in [0.717, 1.165) is 23.3 Å². The van der Waals surface area contributed by atoms with Gasteiger partial charge in [0, 0.05) is 17.6 Å². The van der Waals surface area contributed by atoms with E-state index < -0.39 is 24.1 Å². The molecular formula is C27H34O8. The highest BCUT2D eigenvalue weighted by atomic mass is 16.6. The molecule has 1 aliphatic carbocycles. The molecule has 0 aliphatic heterocycles. The molecule has 2 N–H and O–H groups in total. The van der Waals surface area contributed by atoms with Crippen LogP contribution in [0.15, 0.2) is 73.4 Å². The van der Waals surface area contributed by atoms with Crippen LogP contribution in [0.2, 0.25) is 0 Å². The molecule has 0 saturated carbocycles. The van der Waals surface area contributed by atoms with Crippen LogP contribution in [0.5, 0.6) is 5.75 Å². The molecule has 1 aromatic rings. The SMILES string of the molecule is C=CC(=O)OCC(O)COc1ccc(C(C)(C)C2=CCC(OCC(O)COC(=O)C=C)C=C2)cc1. The number of aliphatic hydroxyl groups excluding tert-OH is 2. The van der Waals surface area contributed by atoms with Crippen molar-refractivity contribution in [1.29, 1.82) is 0 Å². The van der Waals surface area contributed by atoms with Gasteiger partial charge in [-0.3, -0.25) is 0 Å². The molecule has 8 nitrogen and oxygen atoms in total. The van der Waals surface area contributed by atoms with E-state index in [2.05, 4.69) is 33.1 Å². The molecule has 0 spiro atoms. The van der Waals surface area contributed by atoms with Crippen LogP contribution in [0.3, 0.4) is 0 Å². The van der Waals surface area contributed by atoms with Gasteiger partial charge in [0.05, 0.1) is 12.7 Å². The largest absolute Gasteiger partial charge is 0.491 e. The first-order valence-electron chi connectivity index (χ1n) is 11.3. The maximum Gasteiger partial charge on any atom is 0.330 e. The van der Waals surface area contributed by atoms with Crippen LogP contribution >= 0.6 is 0 Å². The molecule has 0 bridgehead atoms. The Morgan fingerprint density at radius 1 is 1.00 bits per heavy atom. The molecule has 0 amide bonds. The molecule has 0 heterocycles. The summed E-state index contributed by atoms with van der Waals surface area (Å²) in [6, 6.07) is 7.60. The third-order valence-corrected chi connectivity index (χ3v) is 5.47. The molecule has 1 aliphatic rings. The van der Waals surface area contributed by atoms with E-state index >= 15 is 0 Å². The number of esters is 2. The van der Waals surface area contributed by atoms with Gasteiger partial charge in [-0.1, -0.05) is 57.4 Å². The Morgan fingerprint density at radius 2 is 1.57 bits per heavy atom. The molecule has 0 radical (unpaired) electrons. The van der Waals surface area contributed by atoms with Crippen molar-refractivity contribution in [2.75, 3.05) is 26.4 Å². The van der Waals surface area contributed by atoms with Gasteiger partial charge in [-0.2, -0.15) is 0 Å². The molecule has 0 saturated heterocycles. The number of benzene rings is 1. The number of hydrogen-bond donors (Lipinski definition) is 2. The molecule has 2 rings (SSSR count). The fourth-order valence-electron chi connectivity index (χ4n) is 3.32. The van der Waals surface area contributed by atoms with Crippen molar-refractivity contribution in [3.05, 3.63) is 78.9 Å². The summed E-state index contributed by atoms with van der Waals surface area (Å²) < 4.78 is 20.9. The van der Waals surface area contributed by atoms with Crippen molar-refractivity contribution in [2.45, 2.75) is 44.0 Å². The summed E-state index contributed by atoms with van der Waals surface area (Å²) >= 11 is 0. The summed E-state index contributed by atoms with van der Waals surface area (Å²) in [7, 11) is 0. The van der Waals surface area contributed by atoms with Gasteiger partial charge in [-0.15, -0.1) is 0 Å². The van der Waals surface area contributed by atoms with Gasteiger partial charge in [0.25, 0.3) is 0 Å². The fourth-order valence-corrected chi connectivity index (χ4v) is 3.32. The summed E-state index contributed by atoms with van der Waals surface area (Å²) in [5.74, 6) is -0.582. The summed E-state index contributed by atoms with van der Waals surface area (Å²) in [4.78, 5) is 22.1. The minimum atomic E-state index is -0.939. The van der Waals surface area contributed by atoms with Crippen molar-refractivity contribution in [3.8, 4) is 5.75 Å². The fraction of sp³-hybridized carbons (Fsp3) is 0.407. The molecule has 190 valence electrons. The van der Waals surface area contributed by atoms with E-state index in [4.69, 9.17) is 18.9 Å². The van der Waals surface area contributed by atoms with Crippen molar-refractivity contribution in [3.63, 3.8) is 0 Å². The summed E-state index contributed by atoms with van der Waals surface area (Å²) in [5.41, 5.74) is 1.95. The van der Waals surface area contributed by atoms with Gasteiger partial charge in [0.2, 0.25) is 0 Å². The molecule has 3 atom stereocenters. The molecule has 35 heavy (non-hydrogen) atoms. The zero-order valence-electron chi connectivity index (χ0n) is 20.2. The Labute approximate surface area is 206 Å². The number of rotatable bonds is 14. The van der Waals surface area contributed by atoms with Crippen LogP contribution in [0.1, 0.15) is 25.8 Å². The Kier molecular flexibility index (Phi) is 10.9. The summed E-state index contributed by atoms with van der Waals surface area (Å²) in [6.07, 6.45) is 6.81. The Hall–Kier alpha value is -3.20. The Morgan fingerprint density at radius 3 is 2.09 bits per heavy atom. The van der Waals surface area contributed by atoms with Crippen LogP contribution in [0.25, 0.3) is 0 Å². The topological polar surface area (TPSA) is 112 Å². The highest BCUT2D eigenvalue weighted by Gasteiger charge is 2.26. The van der Waals surface area contributed by atoms with Gasteiger partial charge in [-0.25, -0.2) is 9.59 Å². The number of hydrogen-bond acceptors (Lipinski definition) is 8. The number of allylic oxidation sites excluding steroid dienone is 2. The van der Waals surface area contributed by atoms with Gasteiger partial charge in [0.15, 0.2) is 0 Å². The van der Waals surface area contributed by atoms with E-state index in [0.29, 0.717) is 12.2 Å². The van der Waals surface area contributed by atoms with Gasteiger partial charge in [0.1, 0.15) is 37.8 Å². The van der Waals surface area contributed by atoms with E-state index in [1.807, 2.05) is 36.4 Å². The predicted molar refractivity (Wildman–Crippen MR) is 131 cm³/mol. The second-order valence-corrected chi connectivity index (χ2v) is 8.56. The van der Waals surface area contributed by atoms with Crippen LogP contribution < -0.4 is 4.74 Å². The second-order valence-electron chi connectivity index (χ2n) is 8.56. The summed E-state index contributed by atoms with van der Waals surface area (Å²) in [5, 5.41) is 19.7. The van der Waals surface area contributed by atoms with Gasteiger partial charge in [-0.05, 0) is 29.7 Å². The van der Waals surface area contributed by atoms with Crippen LogP contribution in [-0.4, -0.2) is 66.9 Å². The molecular weight excluding hydrogens is 452 g/mol. The average Bonchev–Trinajstić information content (AvgIpc) is 2.88. The zero-order chi connectivity index (χ0) is 25.8. The van der Waals surface area contributed by atoms with Crippen molar-refractivity contribution in [1.82, 2.24) is 0 Å². The average molecular weight is 487 g/mol. The van der Waals surface area contributed by atoms with Crippen molar-refractivity contribution < 1.29 is 38.7 Å². The lowest BCUT2D eigenvalue weighted by molar-refractivity contribution is -0.142. The second kappa shape index (κ2) is 13.6. The first-order chi connectivity index (χ1) is 16.6. The third kappa shape index (κ3) is 9.16. The maximum absolute atomic E-state index is 11.1. The minimum Gasteiger partial charge on any atom is -0.491 e. The predicted octanol–water partition coefficient (Wildman–Crippen LogP) is 2.79. The quantitative estimate of drug-likeness (QED) is 0.305. The number of carbonyl (C=O) groups is 2. The Balaban J connectivity index is 1.83. The lowest BCUT2D eigenvalue weighted by atomic mass is 9.75. The molecule has 1 aromatic carbocycles. The van der Waals surface area contributed by atoms with Crippen LogP contribution in [0.4, 0.5) is 0 Å². The number of ether oxygens (including phenoxy) is 4. The molecule has 0 fully saturated rings. The van der Waals surface area contributed by atoms with E-state index in [-0.39, 0.29) is 37.9 Å². The van der Waals surface area contributed by atoms with Gasteiger partial charge >= 0.3 is 11.9 Å². The van der Waals surface area contributed by atoms with Crippen LogP contribution in [0, 0.1) is 0 Å². The molecule has 8 heteroatoms. The van der Waals surface area contributed by atoms with Gasteiger partial charge < -0.3 is 29.2 Å². The lowest BCUT2D eigenvalue weighted by Gasteiger charge is -2.30. The molecule has 0 aromatic heterocycles. The summed E-state index contributed by atoms with van der Waals surface area (Å²) in [6.45, 7) is 10.6. The number of aliphatic hydroxyl groups is 2. The Bertz CT molecular complexity index is 929. The third-order valence-electron chi connectivity index (χ3n) is 5.47. The smallest absolute Gasteiger partial charge is 0.330 e. The first-order valence-corrected chi connectivity index (χ1v) is 11.3. The monoisotopic (exact) mass is 486 g/mol. The van der Waals surface area contributed by atoms with Crippen molar-refractivity contribution >= 4 is 11.9 Å². The first kappa shape index (κ1) is 28.0. The maximum atomic E-state index is 11.1. The van der Waals surface area contributed by atoms with E-state index in [9.17, 15) is 19.8 Å². The lowest BCUT2D eigenvalue weighted by Crippen LogP contribution is -2.27. The highest BCUT2D eigenvalue weighted by Crippen LogP contribution is 2.35. The standard InChI is InChI=1S/C27H34O8/c1-5-25(30)34-17-21(28)15-32-23-11-7-19(8-12-23)27(3,4)20-9-13-24(14-10-20)33-16-22(29)18-35-26(31)6-2/h5-13,21-22,24,28-29H,1-2,14-18H2,3-4H3.